The molecule has 3 rings (SSSR count). The van der Waals surface area contributed by atoms with Crippen molar-refractivity contribution in [2.45, 2.75) is 25.0 Å². The molecule has 1 saturated heterocycles. The normalized spacial score (nSPS) is 20.5. The van der Waals surface area contributed by atoms with Gasteiger partial charge in [-0.05, 0) is 35.4 Å². The maximum Gasteiger partial charge on any atom is 0.138 e. The van der Waals surface area contributed by atoms with Gasteiger partial charge in [-0.1, -0.05) is 24.3 Å². The monoisotopic (exact) mass is 302 g/mol. The second-order valence-electron chi connectivity index (χ2n) is 5.53. The third-order valence-corrected chi connectivity index (χ3v) is 3.98. The lowest BCUT2D eigenvalue weighted by Gasteiger charge is -2.30. The molecular weight excluding hydrogens is 288 g/mol. The van der Waals surface area contributed by atoms with Gasteiger partial charge in [0, 0.05) is 12.8 Å². The molecule has 0 aliphatic carbocycles. The number of benzene rings is 2. The fraction of sp³-hybridized carbons (Fsp3) is 0.211. The smallest absolute Gasteiger partial charge is 0.138 e. The number of hydrogen-bond acceptors (Lipinski definition) is 4. The number of Topliss-reactive ketones (excluding diaryl/α,β-unsaturated/α-hetero) is 1. The number of hydrogen-bond donors (Lipinski definition) is 0. The van der Waals surface area contributed by atoms with E-state index in [2.05, 4.69) is 12.1 Å². The van der Waals surface area contributed by atoms with Crippen molar-refractivity contribution in [1.29, 1.82) is 10.5 Å². The van der Waals surface area contributed by atoms with Gasteiger partial charge in [-0.15, -0.1) is 0 Å². The standard InChI is InChI=1S/C19H14N2O2/c20-11-13-1-5-15(6-2-13)18-9-17(22)10-19(23-18)16-7-3-14(12-21)4-8-16/h1-8,18-19H,9-10H2/t18-,19+. The molecular formula is C19H14N2O2. The third kappa shape index (κ3) is 3.29. The van der Waals surface area contributed by atoms with E-state index in [1.165, 1.54) is 0 Å². The molecule has 0 unspecified atom stereocenters. The van der Waals surface area contributed by atoms with Crippen LogP contribution in [-0.4, -0.2) is 5.78 Å². The van der Waals surface area contributed by atoms with E-state index in [9.17, 15) is 4.79 Å². The Bertz CT molecular complexity index is 728. The summed E-state index contributed by atoms with van der Waals surface area (Å²) in [6, 6.07) is 18.4. The molecule has 4 nitrogen and oxygen atoms in total. The van der Waals surface area contributed by atoms with Crippen molar-refractivity contribution in [3.8, 4) is 12.1 Å². The predicted molar refractivity (Wildman–Crippen MR) is 83.1 cm³/mol. The molecule has 0 saturated carbocycles. The van der Waals surface area contributed by atoms with E-state index in [1.807, 2.05) is 24.3 Å². The van der Waals surface area contributed by atoms with Crippen LogP contribution in [0.25, 0.3) is 0 Å². The highest BCUT2D eigenvalue weighted by Gasteiger charge is 2.29. The summed E-state index contributed by atoms with van der Waals surface area (Å²) < 4.78 is 6.09. The van der Waals surface area contributed by atoms with Gasteiger partial charge in [0.2, 0.25) is 0 Å². The Morgan fingerprint density at radius 2 is 1.17 bits per heavy atom. The highest BCUT2D eigenvalue weighted by molar-refractivity contribution is 5.80. The van der Waals surface area contributed by atoms with E-state index in [4.69, 9.17) is 15.3 Å². The zero-order valence-electron chi connectivity index (χ0n) is 12.4. The molecule has 2 aromatic carbocycles. The van der Waals surface area contributed by atoms with Crippen LogP contribution in [-0.2, 0) is 9.53 Å². The Morgan fingerprint density at radius 3 is 1.52 bits per heavy atom. The molecule has 4 heteroatoms. The average Bonchev–Trinajstić information content (AvgIpc) is 2.61. The van der Waals surface area contributed by atoms with Gasteiger partial charge >= 0.3 is 0 Å². The minimum atomic E-state index is -0.301. The zero-order valence-corrected chi connectivity index (χ0v) is 12.4. The van der Waals surface area contributed by atoms with Crippen molar-refractivity contribution in [3.05, 3.63) is 70.8 Å². The number of carbonyl (C=O) groups is 1. The number of nitrogens with zero attached hydrogens (tertiary/aromatic N) is 2. The summed E-state index contributed by atoms with van der Waals surface area (Å²) in [6.45, 7) is 0. The number of ketones is 1. The number of nitriles is 2. The second-order valence-corrected chi connectivity index (χ2v) is 5.53. The highest BCUT2D eigenvalue weighted by Crippen LogP contribution is 2.37. The predicted octanol–water partition coefficient (Wildman–Crippen LogP) is 3.59. The molecule has 0 radical (unpaired) electrons. The van der Waals surface area contributed by atoms with Crippen molar-refractivity contribution in [2.24, 2.45) is 0 Å². The Balaban J connectivity index is 1.82. The number of carbonyl (C=O) groups excluding carboxylic acids is 1. The lowest BCUT2D eigenvalue weighted by Crippen LogP contribution is -2.23. The maximum absolute atomic E-state index is 12.1. The summed E-state index contributed by atoms with van der Waals surface area (Å²) in [5.41, 5.74) is 2.96. The van der Waals surface area contributed by atoms with Crippen LogP contribution >= 0.6 is 0 Å². The van der Waals surface area contributed by atoms with E-state index in [1.54, 1.807) is 24.3 Å². The molecule has 2 aromatic rings. The lowest BCUT2D eigenvalue weighted by atomic mass is 9.93. The molecule has 2 atom stereocenters. The summed E-state index contributed by atoms with van der Waals surface area (Å²) in [6.07, 6.45) is 0.0893. The topological polar surface area (TPSA) is 73.9 Å². The molecule has 0 amide bonds. The molecule has 1 fully saturated rings. The SMILES string of the molecule is N#Cc1ccc([C@@H]2CC(=O)C[C@H](c3ccc(C#N)cc3)O2)cc1. The minimum Gasteiger partial charge on any atom is -0.365 e. The van der Waals surface area contributed by atoms with Crippen LogP contribution in [0.1, 0.15) is 47.3 Å². The molecule has 0 N–H and O–H groups in total. The molecule has 0 spiro atoms. The first-order valence-electron chi connectivity index (χ1n) is 7.37. The van der Waals surface area contributed by atoms with Gasteiger partial charge in [0.05, 0.1) is 35.5 Å². The fourth-order valence-corrected chi connectivity index (χ4v) is 2.73. The van der Waals surface area contributed by atoms with E-state index >= 15 is 0 Å². The largest absolute Gasteiger partial charge is 0.365 e. The first-order valence-corrected chi connectivity index (χ1v) is 7.37. The van der Waals surface area contributed by atoms with E-state index in [-0.39, 0.29) is 18.0 Å². The van der Waals surface area contributed by atoms with Gasteiger partial charge in [0.1, 0.15) is 5.78 Å². The average molecular weight is 302 g/mol. The minimum absolute atomic E-state index is 0.153. The quantitative estimate of drug-likeness (QED) is 0.849. The van der Waals surface area contributed by atoms with Gasteiger partial charge in [-0.3, -0.25) is 4.79 Å². The van der Waals surface area contributed by atoms with E-state index in [0.29, 0.717) is 24.0 Å². The van der Waals surface area contributed by atoms with Crippen molar-refractivity contribution in [3.63, 3.8) is 0 Å². The summed E-state index contributed by atoms with van der Waals surface area (Å²) >= 11 is 0. The second kappa shape index (κ2) is 6.44. The Morgan fingerprint density at radius 1 is 0.783 bits per heavy atom. The van der Waals surface area contributed by atoms with E-state index < -0.39 is 0 Å². The van der Waals surface area contributed by atoms with Gasteiger partial charge in [-0.2, -0.15) is 10.5 Å². The van der Waals surface area contributed by atoms with Crippen LogP contribution in [0.15, 0.2) is 48.5 Å². The molecule has 23 heavy (non-hydrogen) atoms. The molecule has 1 aliphatic heterocycles. The van der Waals surface area contributed by atoms with Crippen LogP contribution in [0, 0.1) is 22.7 Å². The van der Waals surface area contributed by atoms with Crippen LogP contribution in [0.2, 0.25) is 0 Å². The number of ether oxygens (including phenoxy) is 1. The van der Waals surface area contributed by atoms with Gasteiger partial charge in [0.25, 0.3) is 0 Å². The van der Waals surface area contributed by atoms with Crippen molar-refractivity contribution < 1.29 is 9.53 Å². The van der Waals surface area contributed by atoms with Gasteiger partial charge in [-0.25, -0.2) is 0 Å². The molecule has 1 heterocycles. The highest BCUT2D eigenvalue weighted by atomic mass is 16.5. The Labute approximate surface area is 134 Å². The molecule has 0 bridgehead atoms. The van der Waals surface area contributed by atoms with Gasteiger partial charge in [0.15, 0.2) is 0 Å². The van der Waals surface area contributed by atoms with Crippen LogP contribution in [0.3, 0.4) is 0 Å². The first-order chi connectivity index (χ1) is 11.2. The molecule has 0 aromatic heterocycles. The van der Waals surface area contributed by atoms with Gasteiger partial charge < -0.3 is 4.74 Å². The fourth-order valence-electron chi connectivity index (χ4n) is 2.73. The third-order valence-electron chi connectivity index (χ3n) is 3.98. The van der Waals surface area contributed by atoms with Crippen LogP contribution in [0.4, 0.5) is 0 Å². The maximum atomic E-state index is 12.1. The number of rotatable bonds is 2. The summed E-state index contributed by atoms with van der Waals surface area (Å²) in [5, 5.41) is 17.7. The van der Waals surface area contributed by atoms with Crippen molar-refractivity contribution >= 4 is 5.78 Å². The van der Waals surface area contributed by atoms with Crippen molar-refractivity contribution in [1.82, 2.24) is 0 Å². The molecule has 1 aliphatic rings. The zero-order chi connectivity index (χ0) is 16.2. The van der Waals surface area contributed by atoms with Crippen LogP contribution in [0.5, 0.6) is 0 Å². The lowest BCUT2D eigenvalue weighted by molar-refractivity contribution is -0.136. The van der Waals surface area contributed by atoms with Crippen LogP contribution < -0.4 is 0 Å². The summed E-state index contributed by atoms with van der Waals surface area (Å²) in [5.74, 6) is 0.153. The Hall–Kier alpha value is -2.95. The van der Waals surface area contributed by atoms with Crippen molar-refractivity contribution in [2.75, 3.05) is 0 Å². The molecule has 112 valence electrons. The first kappa shape index (κ1) is 15.0. The Kier molecular flexibility index (Phi) is 4.19. The summed E-state index contributed by atoms with van der Waals surface area (Å²) in [4.78, 5) is 12.1. The summed E-state index contributed by atoms with van der Waals surface area (Å²) in [7, 11) is 0. The van der Waals surface area contributed by atoms with E-state index in [0.717, 1.165) is 11.1 Å².